The molecule has 1 nitrogen and oxygen atoms in total. The second-order valence-electron chi connectivity index (χ2n) is 4.99. The van der Waals surface area contributed by atoms with Crippen LogP contribution >= 0.6 is 15.9 Å². The molecule has 0 bridgehead atoms. The zero-order valence-corrected chi connectivity index (χ0v) is 11.4. The van der Waals surface area contributed by atoms with E-state index in [1.165, 1.54) is 0 Å². The lowest BCUT2D eigenvalue weighted by Crippen LogP contribution is -2.44. The van der Waals surface area contributed by atoms with E-state index in [0.717, 1.165) is 0 Å². The van der Waals surface area contributed by atoms with Crippen molar-refractivity contribution in [2.75, 3.05) is 13.6 Å². The van der Waals surface area contributed by atoms with Crippen molar-refractivity contribution in [3.05, 3.63) is 0 Å². The Morgan fingerprint density at radius 1 is 1.20 bits per heavy atom. The Balaban J connectivity index is 4.32. The molecule has 0 aliphatic rings. The van der Waals surface area contributed by atoms with Crippen LogP contribution in [-0.4, -0.2) is 35.5 Å². The molecule has 5 heteroatoms. The molecule has 0 aromatic carbocycles. The second-order valence-corrected chi connectivity index (χ2v) is 6.10. The van der Waals surface area contributed by atoms with Crippen LogP contribution < -0.4 is 0 Å². The predicted molar refractivity (Wildman–Crippen MR) is 60.3 cm³/mol. The van der Waals surface area contributed by atoms with E-state index in [-0.39, 0.29) is 18.0 Å². The SMILES string of the molecule is CC(N(C)CC(Br)C(F)(F)F)C(C)(C)C. The van der Waals surface area contributed by atoms with Crippen LogP contribution in [0.15, 0.2) is 0 Å². The lowest BCUT2D eigenvalue weighted by Gasteiger charge is -2.36. The van der Waals surface area contributed by atoms with Gasteiger partial charge in [-0.1, -0.05) is 36.7 Å². The third kappa shape index (κ3) is 5.20. The maximum atomic E-state index is 12.3. The van der Waals surface area contributed by atoms with Gasteiger partial charge in [0.15, 0.2) is 0 Å². The third-order valence-electron chi connectivity index (χ3n) is 2.72. The van der Waals surface area contributed by atoms with Gasteiger partial charge in [-0.05, 0) is 19.4 Å². The molecule has 0 N–H and O–H groups in total. The lowest BCUT2D eigenvalue weighted by atomic mass is 9.87. The molecule has 0 heterocycles. The monoisotopic (exact) mass is 289 g/mol. The smallest absolute Gasteiger partial charge is 0.302 e. The maximum Gasteiger partial charge on any atom is 0.402 e. The van der Waals surface area contributed by atoms with Gasteiger partial charge in [0.05, 0.1) is 0 Å². The van der Waals surface area contributed by atoms with Crippen LogP contribution in [0.5, 0.6) is 0 Å². The van der Waals surface area contributed by atoms with Crippen LogP contribution in [0.1, 0.15) is 27.7 Å². The van der Waals surface area contributed by atoms with E-state index in [1.54, 1.807) is 11.9 Å². The molecular formula is C10H19BrF3N. The summed E-state index contributed by atoms with van der Waals surface area (Å²) >= 11 is 2.67. The van der Waals surface area contributed by atoms with Gasteiger partial charge in [0.1, 0.15) is 4.83 Å². The van der Waals surface area contributed by atoms with E-state index in [9.17, 15) is 13.2 Å². The van der Waals surface area contributed by atoms with Gasteiger partial charge in [-0.25, -0.2) is 0 Å². The Morgan fingerprint density at radius 2 is 1.60 bits per heavy atom. The number of rotatable bonds is 3. The first kappa shape index (κ1) is 15.2. The van der Waals surface area contributed by atoms with Gasteiger partial charge in [0, 0.05) is 12.6 Å². The van der Waals surface area contributed by atoms with Crippen molar-refractivity contribution in [1.82, 2.24) is 4.90 Å². The zero-order chi connectivity index (χ0) is 12.4. The minimum Gasteiger partial charge on any atom is -0.302 e. The van der Waals surface area contributed by atoms with Crippen molar-refractivity contribution < 1.29 is 13.2 Å². The Bertz CT molecular complexity index is 198. The lowest BCUT2D eigenvalue weighted by molar-refractivity contribution is -0.131. The second kappa shape index (κ2) is 5.04. The van der Waals surface area contributed by atoms with Crippen molar-refractivity contribution in [3.8, 4) is 0 Å². The van der Waals surface area contributed by atoms with Crippen LogP contribution in [0.25, 0.3) is 0 Å². The summed E-state index contributed by atoms with van der Waals surface area (Å²) in [6, 6.07) is 0.0971. The first-order valence-corrected chi connectivity index (χ1v) is 5.79. The van der Waals surface area contributed by atoms with Crippen LogP contribution in [-0.2, 0) is 0 Å². The summed E-state index contributed by atoms with van der Waals surface area (Å²) in [6.45, 7) is 7.97. The van der Waals surface area contributed by atoms with Gasteiger partial charge < -0.3 is 4.90 Å². The molecule has 0 aliphatic carbocycles. The first-order valence-electron chi connectivity index (χ1n) is 4.87. The van der Waals surface area contributed by atoms with Gasteiger partial charge in [0.2, 0.25) is 0 Å². The van der Waals surface area contributed by atoms with E-state index < -0.39 is 11.0 Å². The maximum absolute atomic E-state index is 12.3. The predicted octanol–water partition coefficient (Wildman–Crippen LogP) is 3.68. The third-order valence-corrected chi connectivity index (χ3v) is 3.53. The van der Waals surface area contributed by atoms with Gasteiger partial charge in [-0.3, -0.25) is 0 Å². The van der Waals surface area contributed by atoms with Crippen LogP contribution in [0.4, 0.5) is 13.2 Å². The Hall–Kier alpha value is 0.230. The minimum absolute atomic E-state index is 0.0208. The molecule has 0 fully saturated rings. The van der Waals surface area contributed by atoms with Crippen molar-refractivity contribution >= 4 is 15.9 Å². The fraction of sp³-hybridized carbons (Fsp3) is 1.00. The van der Waals surface area contributed by atoms with Crippen LogP contribution in [0, 0.1) is 5.41 Å². The fourth-order valence-corrected chi connectivity index (χ4v) is 1.63. The molecule has 2 unspecified atom stereocenters. The van der Waals surface area contributed by atoms with E-state index in [2.05, 4.69) is 15.9 Å². The Morgan fingerprint density at radius 3 is 1.87 bits per heavy atom. The average molecular weight is 290 g/mol. The van der Waals surface area contributed by atoms with Gasteiger partial charge in [-0.2, -0.15) is 13.2 Å². The van der Waals surface area contributed by atoms with E-state index in [0.29, 0.717) is 0 Å². The molecule has 2 atom stereocenters. The summed E-state index contributed by atoms with van der Waals surface area (Å²) in [4.78, 5) is 0.271. The summed E-state index contributed by atoms with van der Waals surface area (Å²) in [7, 11) is 1.72. The summed E-state index contributed by atoms with van der Waals surface area (Å²) in [5.41, 5.74) is -0.0208. The van der Waals surface area contributed by atoms with Crippen molar-refractivity contribution in [2.45, 2.75) is 44.7 Å². The Labute approximate surface area is 98.1 Å². The van der Waals surface area contributed by atoms with E-state index in [4.69, 9.17) is 0 Å². The van der Waals surface area contributed by atoms with Crippen LogP contribution in [0.3, 0.4) is 0 Å². The summed E-state index contributed by atoms with van der Waals surface area (Å²) in [5.74, 6) is 0. The molecule has 0 saturated heterocycles. The largest absolute Gasteiger partial charge is 0.402 e. The topological polar surface area (TPSA) is 3.24 Å². The number of halogens is 4. The molecule has 0 radical (unpaired) electrons. The Kier molecular flexibility index (Phi) is 5.12. The molecule has 0 saturated carbocycles. The normalized spacial score (nSPS) is 18.0. The zero-order valence-electron chi connectivity index (χ0n) is 9.82. The fourth-order valence-electron chi connectivity index (χ4n) is 1.18. The highest BCUT2D eigenvalue weighted by Gasteiger charge is 2.39. The van der Waals surface area contributed by atoms with Crippen molar-refractivity contribution in [2.24, 2.45) is 5.41 Å². The average Bonchev–Trinajstić information content (AvgIpc) is 1.99. The highest BCUT2D eigenvalue weighted by atomic mass is 79.9. The highest BCUT2D eigenvalue weighted by molar-refractivity contribution is 9.09. The molecule has 0 rings (SSSR count). The van der Waals surface area contributed by atoms with Crippen molar-refractivity contribution in [1.29, 1.82) is 0 Å². The first-order chi connectivity index (χ1) is 6.46. The highest BCUT2D eigenvalue weighted by Crippen LogP contribution is 2.29. The summed E-state index contributed by atoms with van der Waals surface area (Å²) < 4.78 is 36.9. The minimum atomic E-state index is -4.17. The molecule has 92 valence electrons. The molecular weight excluding hydrogens is 271 g/mol. The molecule has 0 spiro atoms. The standard InChI is InChI=1S/C10H19BrF3N/c1-7(9(2,3)4)15(5)6-8(11)10(12,13)14/h7-8H,6H2,1-5H3. The molecule has 0 amide bonds. The van der Waals surface area contributed by atoms with Gasteiger partial charge in [0.25, 0.3) is 0 Å². The van der Waals surface area contributed by atoms with Gasteiger partial charge >= 0.3 is 6.18 Å². The molecule has 0 aromatic heterocycles. The number of hydrogen-bond acceptors (Lipinski definition) is 1. The van der Waals surface area contributed by atoms with Crippen LogP contribution in [0.2, 0.25) is 0 Å². The molecule has 0 aliphatic heterocycles. The summed E-state index contributed by atoms with van der Waals surface area (Å²) in [6.07, 6.45) is -4.17. The quantitative estimate of drug-likeness (QED) is 0.717. The number of alkyl halides is 4. The molecule has 15 heavy (non-hydrogen) atoms. The number of nitrogens with zero attached hydrogens (tertiary/aromatic N) is 1. The van der Waals surface area contributed by atoms with Gasteiger partial charge in [-0.15, -0.1) is 0 Å². The summed E-state index contributed by atoms with van der Waals surface area (Å²) in [5, 5.41) is 0. The number of hydrogen-bond donors (Lipinski definition) is 0. The van der Waals surface area contributed by atoms with Crippen molar-refractivity contribution in [3.63, 3.8) is 0 Å². The molecule has 0 aromatic rings. The van der Waals surface area contributed by atoms with E-state index >= 15 is 0 Å². The van der Waals surface area contributed by atoms with E-state index in [1.807, 2.05) is 27.7 Å².